The standard InChI is InChI=1S/C18H14F3NO4/c1-2-25-15(23)10-22-12-7-4-3-6-11(12)17(24)16-13(22)8-5-9-14(16)26-18(19,20)21/h3-9H,2,10H2,1H3. The summed E-state index contributed by atoms with van der Waals surface area (Å²) in [5.74, 6) is -1.17. The Morgan fingerprint density at radius 2 is 1.77 bits per heavy atom. The topological polar surface area (TPSA) is 57.5 Å². The molecular formula is C18H14F3NO4. The Hall–Kier alpha value is -3.03. The number of para-hydroxylation sites is 1. The Kier molecular flexibility index (Phi) is 4.58. The molecule has 0 saturated heterocycles. The average molecular weight is 365 g/mol. The molecule has 3 rings (SSSR count). The number of carbonyl (C=O) groups is 1. The fraction of sp³-hybridized carbons (Fsp3) is 0.222. The second kappa shape index (κ2) is 6.70. The number of nitrogens with zero attached hydrogens (tertiary/aromatic N) is 1. The van der Waals surface area contributed by atoms with Crippen molar-refractivity contribution in [3.8, 4) is 5.75 Å². The normalized spacial score (nSPS) is 11.7. The Morgan fingerprint density at radius 3 is 2.46 bits per heavy atom. The van der Waals surface area contributed by atoms with Gasteiger partial charge in [0.15, 0.2) is 0 Å². The molecule has 0 aliphatic heterocycles. The van der Waals surface area contributed by atoms with Crippen LogP contribution in [0.25, 0.3) is 21.8 Å². The molecule has 3 aromatic rings. The molecule has 0 radical (unpaired) electrons. The monoisotopic (exact) mass is 365 g/mol. The average Bonchev–Trinajstić information content (AvgIpc) is 2.57. The molecule has 0 N–H and O–H groups in total. The van der Waals surface area contributed by atoms with Gasteiger partial charge in [0.05, 0.1) is 23.0 Å². The number of aromatic nitrogens is 1. The molecule has 26 heavy (non-hydrogen) atoms. The van der Waals surface area contributed by atoms with Gasteiger partial charge in [-0.3, -0.25) is 9.59 Å². The number of ether oxygens (including phenoxy) is 2. The quantitative estimate of drug-likeness (QED) is 0.524. The molecule has 0 bridgehead atoms. The number of benzene rings is 2. The highest BCUT2D eigenvalue weighted by Crippen LogP contribution is 2.30. The molecule has 0 atom stereocenters. The van der Waals surface area contributed by atoms with Crippen molar-refractivity contribution in [2.45, 2.75) is 19.8 Å². The van der Waals surface area contributed by atoms with Gasteiger partial charge in [0, 0.05) is 5.39 Å². The summed E-state index contributed by atoms with van der Waals surface area (Å²) in [7, 11) is 0. The summed E-state index contributed by atoms with van der Waals surface area (Å²) < 4.78 is 48.6. The van der Waals surface area contributed by atoms with Gasteiger partial charge in [0.2, 0.25) is 5.43 Å². The van der Waals surface area contributed by atoms with Crippen molar-refractivity contribution in [2.24, 2.45) is 0 Å². The Morgan fingerprint density at radius 1 is 1.08 bits per heavy atom. The van der Waals surface area contributed by atoms with E-state index in [0.29, 0.717) is 5.52 Å². The van der Waals surface area contributed by atoms with Crippen LogP contribution in [-0.4, -0.2) is 23.5 Å². The van der Waals surface area contributed by atoms with E-state index in [9.17, 15) is 22.8 Å². The lowest BCUT2D eigenvalue weighted by Crippen LogP contribution is -2.21. The van der Waals surface area contributed by atoms with E-state index in [0.717, 1.165) is 6.07 Å². The number of hydrogen-bond donors (Lipinski definition) is 0. The van der Waals surface area contributed by atoms with Gasteiger partial charge >= 0.3 is 12.3 Å². The molecule has 136 valence electrons. The van der Waals surface area contributed by atoms with Gasteiger partial charge in [0.25, 0.3) is 0 Å². The van der Waals surface area contributed by atoms with E-state index in [1.807, 2.05) is 0 Å². The number of pyridine rings is 1. The van der Waals surface area contributed by atoms with E-state index in [1.54, 1.807) is 25.1 Å². The third-order valence-corrected chi connectivity index (χ3v) is 3.78. The van der Waals surface area contributed by atoms with Crippen molar-refractivity contribution < 1.29 is 27.4 Å². The third kappa shape index (κ3) is 3.35. The minimum atomic E-state index is -4.95. The summed E-state index contributed by atoms with van der Waals surface area (Å²) in [6, 6.07) is 10.2. The van der Waals surface area contributed by atoms with Gasteiger partial charge in [-0.2, -0.15) is 0 Å². The van der Waals surface area contributed by atoms with Crippen molar-refractivity contribution in [2.75, 3.05) is 6.61 Å². The summed E-state index contributed by atoms with van der Waals surface area (Å²) >= 11 is 0. The van der Waals surface area contributed by atoms with Crippen molar-refractivity contribution >= 4 is 27.8 Å². The summed E-state index contributed by atoms with van der Waals surface area (Å²) in [4.78, 5) is 24.7. The number of hydrogen-bond acceptors (Lipinski definition) is 4. The zero-order chi connectivity index (χ0) is 18.9. The van der Waals surface area contributed by atoms with Crippen LogP contribution in [0.15, 0.2) is 47.3 Å². The molecule has 0 amide bonds. The maximum Gasteiger partial charge on any atom is 0.573 e. The zero-order valence-corrected chi connectivity index (χ0v) is 13.7. The van der Waals surface area contributed by atoms with Gasteiger partial charge in [-0.05, 0) is 31.2 Å². The maximum absolute atomic E-state index is 12.8. The largest absolute Gasteiger partial charge is 0.573 e. The molecule has 0 aliphatic rings. The summed E-state index contributed by atoms with van der Waals surface area (Å²) in [6.07, 6.45) is -4.95. The number of halogens is 3. The molecule has 1 heterocycles. The van der Waals surface area contributed by atoms with Crippen LogP contribution < -0.4 is 10.2 Å². The van der Waals surface area contributed by atoms with E-state index in [1.165, 1.54) is 22.8 Å². The lowest BCUT2D eigenvalue weighted by molar-refractivity contribution is -0.274. The predicted molar refractivity (Wildman–Crippen MR) is 89.0 cm³/mol. The van der Waals surface area contributed by atoms with E-state index >= 15 is 0 Å². The van der Waals surface area contributed by atoms with Crippen molar-refractivity contribution in [1.82, 2.24) is 4.57 Å². The third-order valence-electron chi connectivity index (χ3n) is 3.78. The van der Waals surface area contributed by atoms with Gasteiger partial charge in [-0.25, -0.2) is 0 Å². The smallest absolute Gasteiger partial charge is 0.465 e. The van der Waals surface area contributed by atoms with Crippen LogP contribution in [0.1, 0.15) is 6.92 Å². The fourth-order valence-electron chi connectivity index (χ4n) is 2.85. The minimum Gasteiger partial charge on any atom is -0.465 e. The molecular weight excluding hydrogens is 351 g/mol. The Balaban J connectivity index is 2.36. The number of fused-ring (bicyclic) bond motifs is 2. The van der Waals surface area contributed by atoms with Gasteiger partial charge in [-0.1, -0.05) is 18.2 Å². The fourth-order valence-corrected chi connectivity index (χ4v) is 2.85. The van der Waals surface area contributed by atoms with E-state index in [4.69, 9.17) is 4.74 Å². The first-order valence-electron chi connectivity index (χ1n) is 7.77. The molecule has 0 unspecified atom stereocenters. The lowest BCUT2D eigenvalue weighted by Gasteiger charge is -2.17. The van der Waals surface area contributed by atoms with Crippen molar-refractivity contribution in [3.05, 3.63) is 52.7 Å². The Labute approximate surface area is 145 Å². The predicted octanol–water partition coefficient (Wildman–Crippen LogP) is 3.62. The highest BCUT2D eigenvalue weighted by Gasteiger charge is 2.32. The van der Waals surface area contributed by atoms with Crippen molar-refractivity contribution in [3.63, 3.8) is 0 Å². The van der Waals surface area contributed by atoms with Gasteiger partial charge < -0.3 is 14.0 Å². The van der Waals surface area contributed by atoms with Crippen LogP contribution in [0.3, 0.4) is 0 Å². The number of esters is 1. The molecule has 5 nitrogen and oxygen atoms in total. The van der Waals surface area contributed by atoms with Crippen molar-refractivity contribution in [1.29, 1.82) is 0 Å². The summed E-state index contributed by atoms with van der Waals surface area (Å²) in [5, 5.41) is -0.0599. The first-order chi connectivity index (χ1) is 12.3. The van der Waals surface area contributed by atoms with Crippen LogP contribution in [0.2, 0.25) is 0 Å². The van der Waals surface area contributed by atoms with Crippen LogP contribution >= 0.6 is 0 Å². The van der Waals surface area contributed by atoms with E-state index < -0.39 is 23.5 Å². The van der Waals surface area contributed by atoms with Gasteiger partial charge in [-0.15, -0.1) is 13.2 Å². The first kappa shape index (κ1) is 17.8. The molecule has 1 aromatic heterocycles. The maximum atomic E-state index is 12.8. The molecule has 0 aliphatic carbocycles. The summed E-state index contributed by atoms with van der Waals surface area (Å²) in [5.41, 5.74) is -0.0266. The SMILES string of the molecule is CCOC(=O)Cn1c2ccccc2c(=O)c2c(OC(F)(F)F)cccc21. The molecule has 0 spiro atoms. The molecule has 8 heteroatoms. The lowest BCUT2D eigenvalue weighted by atomic mass is 10.1. The highest BCUT2D eigenvalue weighted by molar-refractivity contribution is 5.97. The number of rotatable bonds is 4. The van der Waals surface area contributed by atoms with Crippen LogP contribution in [0.4, 0.5) is 13.2 Å². The number of carbonyl (C=O) groups excluding carboxylic acids is 1. The number of alkyl halides is 3. The minimum absolute atomic E-state index is 0.156. The first-order valence-corrected chi connectivity index (χ1v) is 7.77. The Bertz CT molecular complexity index is 1040. The highest BCUT2D eigenvalue weighted by atomic mass is 19.4. The second-order valence-electron chi connectivity index (χ2n) is 5.44. The summed E-state index contributed by atoms with van der Waals surface area (Å²) in [6.45, 7) is 1.56. The van der Waals surface area contributed by atoms with E-state index in [2.05, 4.69) is 4.74 Å². The molecule has 0 saturated carbocycles. The van der Waals surface area contributed by atoms with Gasteiger partial charge in [0.1, 0.15) is 12.3 Å². The second-order valence-corrected chi connectivity index (χ2v) is 5.44. The molecule has 2 aromatic carbocycles. The van der Waals surface area contributed by atoms with Crippen LogP contribution in [0.5, 0.6) is 5.75 Å². The van der Waals surface area contributed by atoms with Crippen LogP contribution in [0, 0.1) is 0 Å². The zero-order valence-electron chi connectivity index (χ0n) is 13.7. The van der Waals surface area contributed by atoms with Crippen LogP contribution in [-0.2, 0) is 16.1 Å². The van der Waals surface area contributed by atoms with E-state index in [-0.39, 0.29) is 29.4 Å². The molecule has 0 fully saturated rings.